The van der Waals surface area contributed by atoms with Gasteiger partial charge in [0.2, 0.25) is 5.95 Å². The molecule has 0 bridgehead atoms. The second kappa shape index (κ2) is 5.52. The lowest BCUT2D eigenvalue weighted by atomic mass is 9.98. The van der Waals surface area contributed by atoms with Crippen molar-refractivity contribution < 1.29 is 14.9 Å². The van der Waals surface area contributed by atoms with Crippen LogP contribution in [0.4, 0.5) is 11.8 Å². The fourth-order valence-corrected chi connectivity index (χ4v) is 2.63. The number of ether oxygens (including phenoxy) is 1. The van der Waals surface area contributed by atoms with E-state index in [1.807, 2.05) is 0 Å². The molecule has 0 unspecified atom stereocenters. The maximum Gasteiger partial charge on any atom is 0.224 e. The van der Waals surface area contributed by atoms with Gasteiger partial charge in [-0.2, -0.15) is 9.97 Å². The van der Waals surface area contributed by atoms with Gasteiger partial charge in [-0.15, -0.1) is 0 Å². The number of anilines is 2. The predicted molar refractivity (Wildman–Crippen MR) is 78.7 cm³/mol. The minimum absolute atomic E-state index is 0.0159. The highest BCUT2D eigenvalue weighted by Crippen LogP contribution is 2.38. The number of nitrogen functional groups attached to an aromatic ring is 2. The molecule has 23 heavy (non-hydrogen) atoms. The summed E-state index contributed by atoms with van der Waals surface area (Å²) in [5.41, 5.74) is 19.1. The summed E-state index contributed by atoms with van der Waals surface area (Å²) in [7, 11) is 0. The Morgan fingerprint density at radius 3 is 3.00 bits per heavy atom. The van der Waals surface area contributed by atoms with Crippen LogP contribution in [0.3, 0.4) is 0 Å². The zero-order valence-corrected chi connectivity index (χ0v) is 11.9. The molecule has 0 amide bonds. The number of nitrogens with two attached hydrogens (primary N) is 2. The van der Waals surface area contributed by atoms with Crippen molar-refractivity contribution in [3.05, 3.63) is 16.8 Å². The Balaban J connectivity index is 1.99. The maximum atomic E-state index is 10.2. The lowest BCUT2D eigenvalue weighted by Gasteiger charge is -2.28. The van der Waals surface area contributed by atoms with E-state index < -0.39 is 24.5 Å². The van der Waals surface area contributed by atoms with Crippen molar-refractivity contribution in [1.29, 1.82) is 0 Å². The van der Waals surface area contributed by atoms with Crippen LogP contribution in [-0.2, 0) is 4.74 Å². The molecule has 0 spiro atoms. The van der Waals surface area contributed by atoms with Crippen LogP contribution in [0.2, 0.25) is 0 Å². The average molecular weight is 321 g/mol. The van der Waals surface area contributed by atoms with Crippen LogP contribution in [0.15, 0.2) is 11.4 Å². The molecular weight excluding hydrogens is 306 g/mol. The van der Waals surface area contributed by atoms with Gasteiger partial charge in [-0.3, -0.25) is 4.57 Å². The predicted octanol–water partition coefficient (Wildman–Crippen LogP) is -0.688. The number of aliphatic hydroxyl groups is 2. The van der Waals surface area contributed by atoms with E-state index in [0.29, 0.717) is 11.2 Å². The summed E-state index contributed by atoms with van der Waals surface area (Å²) in [4.78, 5) is 14.7. The van der Waals surface area contributed by atoms with Crippen LogP contribution < -0.4 is 11.5 Å². The summed E-state index contributed by atoms with van der Waals surface area (Å²) in [6, 6.07) is 0. The third kappa shape index (κ3) is 2.39. The molecule has 0 aromatic carbocycles. The van der Waals surface area contributed by atoms with Crippen molar-refractivity contribution >= 4 is 22.9 Å². The van der Waals surface area contributed by atoms with Crippen molar-refractivity contribution in [2.45, 2.75) is 24.4 Å². The molecule has 1 saturated heterocycles. The molecule has 3 heterocycles. The molecule has 12 heteroatoms. The Morgan fingerprint density at radius 1 is 1.52 bits per heavy atom. The molecule has 0 aliphatic carbocycles. The number of hydrogen-bond acceptors (Lipinski definition) is 9. The second-order valence-electron chi connectivity index (χ2n) is 5.23. The Hall–Kier alpha value is -2.66. The molecule has 12 nitrogen and oxygen atoms in total. The molecule has 3 rings (SSSR count). The number of azide groups is 1. The molecule has 122 valence electrons. The van der Waals surface area contributed by atoms with Crippen LogP contribution in [0.25, 0.3) is 21.6 Å². The van der Waals surface area contributed by atoms with Crippen molar-refractivity contribution in [2.24, 2.45) is 5.11 Å². The number of aliphatic hydroxyl groups excluding tert-OH is 2. The number of rotatable bonds is 4. The van der Waals surface area contributed by atoms with Gasteiger partial charge in [0.15, 0.2) is 11.5 Å². The van der Waals surface area contributed by atoms with Crippen molar-refractivity contribution in [2.75, 3.05) is 24.6 Å². The number of hydrogen-bond donors (Lipinski definition) is 4. The van der Waals surface area contributed by atoms with E-state index in [4.69, 9.17) is 21.7 Å². The first-order valence-corrected chi connectivity index (χ1v) is 6.74. The zero-order valence-electron chi connectivity index (χ0n) is 11.9. The average Bonchev–Trinajstić information content (AvgIpc) is 3.07. The van der Waals surface area contributed by atoms with Crippen LogP contribution in [0.5, 0.6) is 0 Å². The molecule has 1 aliphatic heterocycles. The highest BCUT2D eigenvalue weighted by molar-refractivity contribution is 5.82. The molecule has 0 saturated carbocycles. The van der Waals surface area contributed by atoms with Gasteiger partial charge in [0.05, 0.1) is 25.6 Å². The van der Waals surface area contributed by atoms with E-state index in [1.165, 1.54) is 6.33 Å². The summed E-state index contributed by atoms with van der Waals surface area (Å²) in [6.07, 6.45) is -0.119. The lowest BCUT2D eigenvalue weighted by Crippen LogP contribution is -2.46. The summed E-state index contributed by atoms with van der Waals surface area (Å²) >= 11 is 0. The first kappa shape index (κ1) is 15.2. The van der Waals surface area contributed by atoms with Gasteiger partial charge in [-0.05, 0) is 5.53 Å². The molecule has 6 N–H and O–H groups in total. The van der Waals surface area contributed by atoms with Gasteiger partial charge in [-0.1, -0.05) is 5.11 Å². The molecule has 2 aromatic heterocycles. The quantitative estimate of drug-likeness (QED) is 0.322. The number of imidazole rings is 1. The first-order chi connectivity index (χ1) is 11.0. The normalized spacial score (nSPS) is 27.2. The molecule has 3 atom stereocenters. The summed E-state index contributed by atoms with van der Waals surface area (Å²) in [5, 5.41) is 23.2. The van der Waals surface area contributed by atoms with Gasteiger partial charge < -0.3 is 26.4 Å². The minimum atomic E-state index is -1.38. The lowest BCUT2D eigenvalue weighted by molar-refractivity contribution is -0.120. The Morgan fingerprint density at radius 2 is 2.30 bits per heavy atom. The first-order valence-electron chi connectivity index (χ1n) is 6.74. The van der Waals surface area contributed by atoms with Crippen LogP contribution >= 0.6 is 0 Å². The van der Waals surface area contributed by atoms with Crippen molar-refractivity contribution in [3.8, 4) is 0 Å². The van der Waals surface area contributed by atoms with Crippen LogP contribution in [0.1, 0.15) is 12.6 Å². The summed E-state index contributed by atoms with van der Waals surface area (Å²) in [5.74, 6) is 0.116. The smallest absolute Gasteiger partial charge is 0.224 e. The fraction of sp³-hybridized carbons (Fsp3) is 0.545. The van der Waals surface area contributed by atoms with E-state index in [0.717, 1.165) is 0 Å². The van der Waals surface area contributed by atoms with Gasteiger partial charge >= 0.3 is 0 Å². The number of fused-ring (bicyclic) bond motifs is 1. The highest BCUT2D eigenvalue weighted by Gasteiger charge is 2.48. The Labute approximate surface area is 129 Å². The van der Waals surface area contributed by atoms with Crippen LogP contribution in [-0.4, -0.2) is 54.6 Å². The largest absolute Gasteiger partial charge is 0.393 e. The molecule has 1 fully saturated rings. The maximum absolute atomic E-state index is 10.2. The van der Waals surface area contributed by atoms with E-state index >= 15 is 0 Å². The topological polar surface area (TPSA) is 194 Å². The van der Waals surface area contributed by atoms with Crippen LogP contribution in [0, 0.1) is 0 Å². The van der Waals surface area contributed by atoms with E-state index in [-0.39, 0.29) is 24.7 Å². The summed E-state index contributed by atoms with van der Waals surface area (Å²) in [6.45, 7) is -0.709. The molecule has 1 aliphatic rings. The van der Waals surface area contributed by atoms with E-state index in [2.05, 4.69) is 25.0 Å². The minimum Gasteiger partial charge on any atom is -0.393 e. The number of nitrogens with zero attached hydrogens (tertiary/aromatic N) is 7. The van der Waals surface area contributed by atoms with Gasteiger partial charge in [-0.25, -0.2) is 4.98 Å². The van der Waals surface area contributed by atoms with Gasteiger partial charge in [0.25, 0.3) is 0 Å². The van der Waals surface area contributed by atoms with Gasteiger partial charge in [0, 0.05) is 11.3 Å². The molecule has 2 aromatic rings. The van der Waals surface area contributed by atoms with E-state index in [1.54, 1.807) is 4.57 Å². The highest BCUT2D eigenvalue weighted by atomic mass is 16.6. The monoisotopic (exact) mass is 321 g/mol. The fourth-order valence-electron chi connectivity index (χ4n) is 2.63. The third-order valence-electron chi connectivity index (χ3n) is 3.85. The second-order valence-corrected chi connectivity index (χ2v) is 5.23. The summed E-state index contributed by atoms with van der Waals surface area (Å²) < 4.78 is 7.30. The van der Waals surface area contributed by atoms with Crippen molar-refractivity contribution in [3.63, 3.8) is 0 Å². The number of aromatic nitrogens is 4. The SMILES string of the molecule is [N-]=[N+]=NC[C@]1(CO)O[C@H](n2cnc3c(N)nc(N)nc32)C[C@@H]1O. The third-order valence-corrected chi connectivity index (χ3v) is 3.85. The Bertz CT molecular complexity index is 786. The van der Waals surface area contributed by atoms with E-state index in [9.17, 15) is 10.2 Å². The molecular formula is C11H15N9O3. The standard InChI is InChI=1S/C11H15N9O3/c12-8-7-9(18-10(13)17-8)20(4-15-7)6-1-5(22)11(3-21,23-6)2-16-19-14/h4-6,21-22H,1-3H2,(H4,12,13,17,18)/t5-,6-,11+/m0/s1. The zero-order chi connectivity index (χ0) is 16.6. The van der Waals surface area contributed by atoms with Gasteiger partial charge in [0.1, 0.15) is 17.3 Å². The molecule has 0 radical (unpaired) electrons. The Kier molecular flexibility index (Phi) is 3.66. The van der Waals surface area contributed by atoms with Crippen molar-refractivity contribution in [1.82, 2.24) is 19.5 Å².